The van der Waals surface area contributed by atoms with Gasteiger partial charge in [-0.25, -0.2) is 9.97 Å². The van der Waals surface area contributed by atoms with E-state index < -0.39 is 0 Å². The fraction of sp³-hybridized carbons (Fsp3) is 0. The summed E-state index contributed by atoms with van der Waals surface area (Å²) in [5.74, 6) is 1.87. The van der Waals surface area contributed by atoms with Gasteiger partial charge in [-0.3, -0.25) is 0 Å². The fourth-order valence-corrected chi connectivity index (χ4v) is 4.06. The lowest BCUT2D eigenvalue weighted by Crippen LogP contribution is -1.99. The fourth-order valence-electron chi connectivity index (χ4n) is 3.93. The third-order valence-electron chi connectivity index (χ3n) is 5.64. The molecule has 0 atom stereocenters. The number of nitrogens with zero attached hydrogens (tertiary/aromatic N) is 4. The molecule has 1 N–H and O–H groups in total. The number of anilines is 2. The molecule has 4 aromatic carbocycles. The lowest BCUT2D eigenvalue weighted by Gasteiger charge is -2.12. The van der Waals surface area contributed by atoms with E-state index in [2.05, 4.69) is 25.5 Å². The number of rotatable bonds is 5. The lowest BCUT2D eigenvalue weighted by molar-refractivity contribution is 0.468. The molecule has 168 valence electrons. The smallest absolute Gasteiger partial charge is 0.230 e. The number of ether oxygens (including phenoxy) is 1. The molecule has 0 amide bonds. The Hall–Kier alpha value is -4.55. The van der Waals surface area contributed by atoms with Crippen LogP contribution in [0.4, 0.5) is 11.5 Å². The van der Waals surface area contributed by atoms with Crippen molar-refractivity contribution >= 4 is 44.8 Å². The van der Waals surface area contributed by atoms with E-state index in [4.69, 9.17) is 16.3 Å². The Morgan fingerprint density at radius 3 is 2.17 bits per heavy atom. The molecule has 0 radical (unpaired) electrons. The van der Waals surface area contributed by atoms with Crippen LogP contribution in [0.3, 0.4) is 0 Å². The summed E-state index contributed by atoms with van der Waals surface area (Å²) >= 11 is 6.05. The first-order chi connectivity index (χ1) is 17.2. The Morgan fingerprint density at radius 2 is 1.37 bits per heavy atom. The number of hydrogen-bond acceptors (Lipinski definition) is 6. The van der Waals surface area contributed by atoms with Crippen molar-refractivity contribution in [3.8, 4) is 22.9 Å². The molecule has 7 heteroatoms. The predicted molar refractivity (Wildman–Crippen MR) is 139 cm³/mol. The van der Waals surface area contributed by atoms with E-state index in [1.165, 1.54) is 6.33 Å². The summed E-state index contributed by atoms with van der Waals surface area (Å²) in [5.41, 5.74) is 3.47. The molecule has 0 saturated heterocycles. The zero-order valence-electron chi connectivity index (χ0n) is 18.4. The zero-order chi connectivity index (χ0) is 23.6. The van der Waals surface area contributed by atoms with Gasteiger partial charge < -0.3 is 10.1 Å². The Morgan fingerprint density at radius 1 is 0.657 bits per heavy atom. The quantitative estimate of drug-likeness (QED) is 0.279. The van der Waals surface area contributed by atoms with Crippen LogP contribution in [0.1, 0.15) is 0 Å². The first kappa shape index (κ1) is 21.0. The summed E-state index contributed by atoms with van der Waals surface area (Å²) in [6.07, 6.45) is 1.51. The molecule has 0 bridgehead atoms. The molecule has 0 unspecified atom stereocenters. The highest BCUT2D eigenvalue weighted by molar-refractivity contribution is 6.30. The molecule has 0 saturated carbocycles. The first-order valence-electron chi connectivity index (χ1n) is 11.0. The van der Waals surface area contributed by atoms with Crippen molar-refractivity contribution in [1.29, 1.82) is 0 Å². The summed E-state index contributed by atoms with van der Waals surface area (Å²) in [6.45, 7) is 0. The van der Waals surface area contributed by atoms with E-state index in [-0.39, 0.29) is 0 Å². The molecule has 0 aliphatic rings. The van der Waals surface area contributed by atoms with E-state index in [0.717, 1.165) is 38.6 Å². The van der Waals surface area contributed by atoms with Gasteiger partial charge in [0.15, 0.2) is 5.82 Å². The highest BCUT2D eigenvalue weighted by Crippen LogP contribution is 2.32. The molecule has 0 fully saturated rings. The minimum absolute atomic E-state index is 0.519. The average Bonchev–Trinajstić information content (AvgIpc) is 2.91. The second kappa shape index (κ2) is 9.00. The highest BCUT2D eigenvalue weighted by Gasteiger charge is 2.12. The number of benzene rings is 4. The van der Waals surface area contributed by atoms with Crippen LogP contribution in [0.2, 0.25) is 5.02 Å². The van der Waals surface area contributed by atoms with Crippen molar-refractivity contribution in [2.45, 2.75) is 0 Å². The summed E-state index contributed by atoms with van der Waals surface area (Å²) in [7, 11) is 0. The zero-order valence-corrected chi connectivity index (χ0v) is 19.1. The number of fused-ring (bicyclic) bond motifs is 2. The molecular formula is C28H18ClN5O. The van der Waals surface area contributed by atoms with Crippen molar-refractivity contribution in [3.63, 3.8) is 0 Å². The molecule has 6 nitrogen and oxygen atoms in total. The summed E-state index contributed by atoms with van der Waals surface area (Å²) in [4.78, 5) is 8.57. The van der Waals surface area contributed by atoms with Crippen LogP contribution >= 0.6 is 11.6 Å². The van der Waals surface area contributed by atoms with Gasteiger partial charge in [-0.1, -0.05) is 60.1 Å². The SMILES string of the molecule is Clc1ccc(-c2nnc(Nc3ccc(Oc4ncnc5ccccc45)cc3)c3ccccc23)cc1. The van der Waals surface area contributed by atoms with Gasteiger partial charge in [0.25, 0.3) is 0 Å². The van der Waals surface area contributed by atoms with Gasteiger partial charge in [-0.15, -0.1) is 10.2 Å². The van der Waals surface area contributed by atoms with Crippen LogP contribution < -0.4 is 10.1 Å². The Labute approximate surface area is 206 Å². The number of hydrogen-bond donors (Lipinski definition) is 1. The third kappa shape index (κ3) is 4.23. The largest absolute Gasteiger partial charge is 0.438 e. The van der Waals surface area contributed by atoms with Crippen molar-refractivity contribution in [2.24, 2.45) is 0 Å². The van der Waals surface area contributed by atoms with Gasteiger partial charge in [0.2, 0.25) is 5.88 Å². The van der Waals surface area contributed by atoms with Crippen LogP contribution in [0.15, 0.2) is 103 Å². The van der Waals surface area contributed by atoms with E-state index >= 15 is 0 Å². The standard InChI is InChI=1S/C28H18ClN5O/c29-19-11-9-18(10-12-19)26-22-5-1-2-6-23(22)27(34-33-26)32-20-13-15-21(16-14-20)35-28-24-7-3-4-8-25(24)30-17-31-28/h1-17H,(H,32,34). The number of para-hydroxylation sites is 1. The summed E-state index contributed by atoms with van der Waals surface area (Å²) < 4.78 is 6.02. The molecule has 2 aromatic heterocycles. The monoisotopic (exact) mass is 475 g/mol. The van der Waals surface area contributed by atoms with Crippen molar-refractivity contribution in [2.75, 3.05) is 5.32 Å². The van der Waals surface area contributed by atoms with Crippen LogP contribution in [0, 0.1) is 0 Å². The average molecular weight is 476 g/mol. The Bertz CT molecular complexity index is 1650. The van der Waals surface area contributed by atoms with E-state index in [0.29, 0.717) is 22.5 Å². The normalized spacial score (nSPS) is 11.0. The lowest BCUT2D eigenvalue weighted by atomic mass is 10.0. The molecule has 0 aliphatic carbocycles. The van der Waals surface area contributed by atoms with Gasteiger partial charge >= 0.3 is 0 Å². The van der Waals surface area contributed by atoms with Crippen LogP contribution in [-0.2, 0) is 0 Å². The van der Waals surface area contributed by atoms with Crippen molar-refractivity contribution < 1.29 is 4.74 Å². The Balaban J connectivity index is 1.28. The van der Waals surface area contributed by atoms with Crippen molar-refractivity contribution in [1.82, 2.24) is 20.2 Å². The van der Waals surface area contributed by atoms with Gasteiger partial charge in [-0.2, -0.15) is 0 Å². The van der Waals surface area contributed by atoms with E-state index in [9.17, 15) is 0 Å². The summed E-state index contributed by atoms with van der Waals surface area (Å²) in [6, 6.07) is 31.1. The number of aromatic nitrogens is 4. The maximum Gasteiger partial charge on any atom is 0.230 e. The van der Waals surface area contributed by atoms with Crippen LogP contribution in [-0.4, -0.2) is 20.2 Å². The van der Waals surface area contributed by atoms with E-state index in [1.807, 2.05) is 97.1 Å². The molecule has 6 rings (SSSR count). The highest BCUT2D eigenvalue weighted by atomic mass is 35.5. The molecule has 0 aliphatic heterocycles. The minimum Gasteiger partial charge on any atom is -0.438 e. The van der Waals surface area contributed by atoms with Gasteiger partial charge in [0.1, 0.15) is 17.8 Å². The molecular weight excluding hydrogens is 458 g/mol. The topological polar surface area (TPSA) is 72.8 Å². The molecule has 6 aromatic rings. The van der Waals surface area contributed by atoms with Crippen molar-refractivity contribution in [3.05, 3.63) is 108 Å². The van der Waals surface area contributed by atoms with Gasteiger partial charge in [0, 0.05) is 27.0 Å². The minimum atomic E-state index is 0.519. The first-order valence-corrected chi connectivity index (χ1v) is 11.4. The maximum atomic E-state index is 6.05. The number of nitrogens with one attached hydrogen (secondary N) is 1. The maximum absolute atomic E-state index is 6.05. The second-order valence-electron chi connectivity index (χ2n) is 7.90. The van der Waals surface area contributed by atoms with E-state index in [1.54, 1.807) is 0 Å². The predicted octanol–water partition coefficient (Wildman–Crippen LogP) is 7.43. The van der Waals surface area contributed by atoms with Crippen LogP contribution in [0.25, 0.3) is 32.9 Å². The van der Waals surface area contributed by atoms with Gasteiger partial charge in [-0.05, 0) is 48.5 Å². The Kier molecular flexibility index (Phi) is 5.41. The second-order valence-corrected chi connectivity index (χ2v) is 8.33. The molecule has 35 heavy (non-hydrogen) atoms. The third-order valence-corrected chi connectivity index (χ3v) is 5.89. The van der Waals surface area contributed by atoms with Gasteiger partial charge in [0.05, 0.1) is 10.9 Å². The number of halogens is 1. The molecule has 0 spiro atoms. The molecule has 2 heterocycles. The van der Waals surface area contributed by atoms with Crippen LogP contribution in [0.5, 0.6) is 11.6 Å². The summed E-state index contributed by atoms with van der Waals surface area (Å²) in [5, 5.41) is 15.9.